The maximum absolute atomic E-state index is 12.9. The number of fused-ring (bicyclic) bond motifs is 6. The SMILES string of the molecule is C=CCN1C2CCC1C1CCC2N1C(C1=CCC(C(=O)NN2CCCC2)C=C1)c1cccc(O)c1. The molecule has 35 heavy (non-hydrogen) atoms. The van der Waals surface area contributed by atoms with Gasteiger partial charge in [0.1, 0.15) is 5.75 Å². The average molecular weight is 475 g/mol. The molecule has 6 nitrogen and oxygen atoms in total. The first kappa shape index (κ1) is 23.0. The minimum atomic E-state index is -0.124. The molecule has 0 saturated carbocycles. The minimum absolute atomic E-state index is 0.100. The summed E-state index contributed by atoms with van der Waals surface area (Å²) in [7, 11) is 0. The van der Waals surface area contributed by atoms with Crippen LogP contribution in [-0.2, 0) is 4.79 Å². The van der Waals surface area contributed by atoms with Crippen LogP contribution < -0.4 is 5.43 Å². The van der Waals surface area contributed by atoms with Gasteiger partial charge in [0.05, 0.1) is 12.0 Å². The molecule has 186 valence electrons. The standard InChI is InChI=1S/C29H38N4O2/c1-2-16-32-24-12-13-25(32)27-15-14-26(24)33(27)28(22-6-5-7-23(34)19-22)20-8-10-21(11-9-20)29(35)30-31-17-3-4-18-31/h2,5-10,19,21,24-28,34H,1,3-4,11-18H2,(H,30,35). The van der Waals surface area contributed by atoms with Crippen LogP contribution in [0.3, 0.4) is 0 Å². The van der Waals surface area contributed by atoms with Crippen molar-refractivity contribution >= 4 is 5.91 Å². The normalized spacial score (nSPS) is 33.6. The third-order valence-electron chi connectivity index (χ3n) is 9.00. The van der Waals surface area contributed by atoms with Crippen LogP contribution >= 0.6 is 0 Å². The van der Waals surface area contributed by atoms with Crippen molar-refractivity contribution in [2.75, 3.05) is 19.6 Å². The van der Waals surface area contributed by atoms with Gasteiger partial charge in [-0.05, 0) is 68.2 Å². The smallest absolute Gasteiger partial charge is 0.241 e. The average Bonchev–Trinajstić information content (AvgIpc) is 3.56. The minimum Gasteiger partial charge on any atom is -0.508 e. The number of allylic oxidation sites excluding steroid dienone is 1. The maximum atomic E-state index is 12.9. The summed E-state index contributed by atoms with van der Waals surface area (Å²) in [4.78, 5) is 18.3. The van der Waals surface area contributed by atoms with Gasteiger partial charge in [-0.2, -0.15) is 0 Å². The van der Waals surface area contributed by atoms with Gasteiger partial charge in [0.25, 0.3) is 0 Å². The highest BCUT2D eigenvalue weighted by atomic mass is 16.3. The molecule has 6 atom stereocenters. The molecule has 4 fully saturated rings. The summed E-state index contributed by atoms with van der Waals surface area (Å²) in [6.45, 7) is 6.90. The van der Waals surface area contributed by atoms with Gasteiger partial charge in [0.15, 0.2) is 0 Å². The quantitative estimate of drug-likeness (QED) is 0.587. The van der Waals surface area contributed by atoms with E-state index >= 15 is 0 Å². The molecule has 0 spiro atoms. The van der Waals surface area contributed by atoms with Crippen LogP contribution in [0.4, 0.5) is 0 Å². The molecule has 5 aliphatic rings. The molecule has 4 saturated heterocycles. The van der Waals surface area contributed by atoms with Crippen LogP contribution in [-0.4, -0.2) is 69.6 Å². The Morgan fingerprint density at radius 1 is 1.11 bits per heavy atom. The Bertz CT molecular complexity index is 1010. The number of hydrogen-bond acceptors (Lipinski definition) is 5. The number of nitrogens with zero attached hydrogens (tertiary/aromatic N) is 3. The molecule has 2 N–H and O–H groups in total. The maximum Gasteiger partial charge on any atom is 0.241 e. The monoisotopic (exact) mass is 474 g/mol. The lowest BCUT2D eigenvalue weighted by atomic mass is 9.87. The summed E-state index contributed by atoms with van der Waals surface area (Å²) in [6.07, 6.45) is 16.6. The molecule has 1 aliphatic carbocycles. The zero-order chi connectivity index (χ0) is 23.9. The molecule has 0 aromatic heterocycles. The number of rotatable bonds is 7. The molecule has 6 unspecified atom stereocenters. The number of aromatic hydroxyl groups is 1. The van der Waals surface area contributed by atoms with E-state index < -0.39 is 0 Å². The van der Waals surface area contributed by atoms with Crippen molar-refractivity contribution in [2.45, 2.75) is 75.2 Å². The lowest BCUT2D eigenvalue weighted by molar-refractivity contribution is -0.128. The molecule has 4 bridgehead atoms. The van der Waals surface area contributed by atoms with Crippen LogP contribution in [0.2, 0.25) is 0 Å². The molecule has 0 radical (unpaired) electrons. The second-order valence-electron chi connectivity index (χ2n) is 10.9. The van der Waals surface area contributed by atoms with Crippen LogP contribution in [0.5, 0.6) is 5.75 Å². The van der Waals surface area contributed by atoms with E-state index in [1.807, 2.05) is 12.1 Å². The number of piperazine rings is 1. The van der Waals surface area contributed by atoms with Crippen molar-refractivity contribution in [3.63, 3.8) is 0 Å². The summed E-state index contributed by atoms with van der Waals surface area (Å²) in [5, 5.41) is 12.4. The number of carbonyl (C=O) groups excluding carboxylic acids is 1. The fourth-order valence-corrected chi connectivity index (χ4v) is 7.55. The van der Waals surface area contributed by atoms with E-state index in [0.29, 0.717) is 29.9 Å². The van der Waals surface area contributed by atoms with Gasteiger partial charge >= 0.3 is 0 Å². The van der Waals surface area contributed by atoms with E-state index in [4.69, 9.17) is 0 Å². The van der Waals surface area contributed by atoms with Crippen LogP contribution in [0.25, 0.3) is 0 Å². The molecular formula is C29H38N4O2. The Hall–Kier alpha value is -2.41. The second-order valence-corrected chi connectivity index (χ2v) is 10.9. The van der Waals surface area contributed by atoms with E-state index in [-0.39, 0.29) is 17.9 Å². The predicted molar refractivity (Wildman–Crippen MR) is 137 cm³/mol. The Labute approximate surface area is 208 Å². The topological polar surface area (TPSA) is 59.0 Å². The Balaban J connectivity index is 1.27. The molecule has 4 aliphatic heterocycles. The van der Waals surface area contributed by atoms with Gasteiger partial charge in [0, 0.05) is 43.8 Å². The molecule has 1 aromatic carbocycles. The summed E-state index contributed by atoms with van der Waals surface area (Å²) in [5.74, 6) is 0.293. The van der Waals surface area contributed by atoms with Crippen molar-refractivity contribution < 1.29 is 9.90 Å². The van der Waals surface area contributed by atoms with E-state index in [1.54, 1.807) is 6.07 Å². The Morgan fingerprint density at radius 3 is 2.46 bits per heavy atom. The molecule has 6 heteroatoms. The number of phenolic OH excluding ortho intramolecular Hbond substituents is 1. The highest BCUT2D eigenvalue weighted by Crippen LogP contribution is 2.51. The van der Waals surface area contributed by atoms with Crippen LogP contribution in [0.1, 0.15) is 56.6 Å². The lowest BCUT2D eigenvalue weighted by Crippen LogP contribution is -2.61. The molecular weight excluding hydrogens is 436 g/mol. The third kappa shape index (κ3) is 4.15. The first-order valence-electron chi connectivity index (χ1n) is 13.5. The third-order valence-corrected chi connectivity index (χ3v) is 9.00. The number of phenols is 1. The molecule has 4 heterocycles. The second kappa shape index (κ2) is 9.57. The van der Waals surface area contributed by atoms with Gasteiger partial charge < -0.3 is 5.11 Å². The lowest BCUT2D eigenvalue weighted by Gasteiger charge is -2.50. The van der Waals surface area contributed by atoms with Gasteiger partial charge in [-0.25, -0.2) is 5.01 Å². The van der Waals surface area contributed by atoms with Crippen molar-refractivity contribution in [3.8, 4) is 5.75 Å². The highest BCUT2D eigenvalue weighted by molar-refractivity contribution is 5.80. The zero-order valence-corrected chi connectivity index (χ0v) is 20.6. The van der Waals surface area contributed by atoms with Gasteiger partial charge in [-0.15, -0.1) is 6.58 Å². The van der Waals surface area contributed by atoms with Crippen molar-refractivity contribution in [1.82, 2.24) is 20.2 Å². The summed E-state index contributed by atoms with van der Waals surface area (Å²) < 4.78 is 0. The zero-order valence-electron chi connectivity index (χ0n) is 20.6. The fraction of sp³-hybridized carbons (Fsp3) is 0.552. The largest absolute Gasteiger partial charge is 0.508 e. The number of nitrogens with one attached hydrogen (secondary N) is 1. The number of hydrazine groups is 1. The van der Waals surface area contributed by atoms with Gasteiger partial charge in [0.2, 0.25) is 5.91 Å². The van der Waals surface area contributed by atoms with Gasteiger partial charge in [-0.1, -0.05) is 36.4 Å². The Morgan fingerprint density at radius 2 is 1.83 bits per heavy atom. The number of carbonyl (C=O) groups is 1. The van der Waals surface area contributed by atoms with Crippen LogP contribution in [0.15, 0.2) is 60.7 Å². The number of amides is 1. The fourth-order valence-electron chi connectivity index (χ4n) is 7.55. The van der Waals surface area contributed by atoms with E-state index in [9.17, 15) is 9.90 Å². The van der Waals surface area contributed by atoms with Crippen molar-refractivity contribution in [1.29, 1.82) is 0 Å². The van der Waals surface area contributed by atoms with E-state index in [1.165, 1.54) is 31.3 Å². The first-order valence-corrected chi connectivity index (χ1v) is 13.5. The van der Waals surface area contributed by atoms with E-state index in [0.717, 1.165) is 44.5 Å². The summed E-state index contributed by atoms with van der Waals surface area (Å²) in [6, 6.07) is 10.1. The van der Waals surface area contributed by atoms with Crippen molar-refractivity contribution in [2.24, 2.45) is 5.92 Å². The predicted octanol–water partition coefficient (Wildman–Crippen LogP) is 3.93. The van der Waals surface area contributed by atoms with Crippen molar-refractivity contribution in [3.05, 3.63) is 66.3 Å². The molecule has 6 rings (SSSR count). The van der Waals surface area contributed by atoms with Gasteiger partial charge in [-0.3, -0.25) is 20.0 Å². The molecule has 1 aromatic rings. The summed E-state index contributed by atoms with van der Waals surface area (Å²) >= 11 is 0. The first-order chi connectivity index (χ1) is 17.1. The number of hydrogen-bond donors (Lipinski definition) is 2. The Kier molecular flexibility index (Phi) is 6.29. The number of benzene rings is 1. The summed E-state index contributed by atoms with van der Waals surface area (Å²) in [5.41, 5.74) is 5.52. The van der Waals surface area contributed by atoms with Crippen LogP contribution in [0, 0.1) is 5.92 Å². The van der Waals surface area contributed by atoms with E-state index in [2.05, 4.69) is 57.2 Å². The molecule has 1 amide bonds. The highest BCUT2D eigenvalue weighted by Gasteiger charge is 2.56.